The summed E-state index contributed by atoms with van der Waals surface area (Å²) in [6.45, 7) is 1.72. The van der Waals surface area contributed by atoms with Crippen molar-refractivity contribution in [2.24, 2.45) is 5.92 Å². The van der Waals surface area contributed by atoms with Gasteiger partial charge in [0.15, 0.2) is 0 Å². The minimum absolute atomic E-state index is 0.152. The van der Waals surface area contributed by atoms with E-state index in [1.165, 1.54) is 17.7 Å². The van der Waals surface area contributed by atoms with Crippen LogP contribution in [0.3, 0.4) is 0 Å². The summed E-state index contributed by atoms with van der Waals surface area (Å²) in [7, 11) is 1.58. The Morgan fingerprint density at radius 1 is 1.39 bits per heavy atom. The number of aliphatic carboxylic acids is 1. The van der Waals surface area contributed by atoms with Gasteiger partial charge in [0.25, 0.3) is 0 Å². The number of carbonyl (C=O) groups is 2. The number of carboxylic acid groups (broad SMARTS) is 1. The molecule has 1 aliphatic carbocycles. The number of hydrogen-bond donors (Lipinski definition) is 2. The maximum absolute atomic E-state index is 12.1. The lowest BCUT2D eigenvalue weighted by atomic mass is 10.2. The fourth-order valence-electron chi connectivity index (χ4n) is 2.64. The van der Waals surface area contributed by atoms with Crippen molar-refractivity contribution < 1.29 is 19.4 Å². The van der Waals surface area contributed by atoms with Crippen LogP contribution >= 0.6 is 0 Å². The van der Waals surface area contributed by atoms with Gasteiger partial charge in [-0.1, -0.05) is 13.0 Å². The summed E-state index contributed by atoms with van der Waals surface area (Å²) in [5.74, 6) is -0.782. The van der Waals surface area contributed by atoms with Crippen LogP contribution in [0.2, 0.25) is 0 Å². The van der Waals surface area contributed by atoms with Gasteiger partial charge in [-0.2, -0.15) is 0 Å². The molecule has 6 heteroatoms. The SMILES string of the molecule is CC(CN(C)C(=O)Nc1cccc(OC2CCCC2)c1)C(=O)O. The summed E-state index contributed by atoms with van der Waals surface area (Å²) < 4.78 is 5.91. The lowest BCUT2D eigenvalue weighted by Crippen LogP contribution is -2.36. The number of benzene rings is 1. The first-order valence-electron chi connectivity index (χ1n) is 7.97. The quantitative estimate of drug-likeness (QED) is 0.843. The number of amides is 2. The van der Waals surface area contributed by atoms with Crippen molar-refractivity contribution in [3.8, 4) is 5.75 Å². The van der Waals surface area contributed by atoms with Crippen molar-refractivity contribution >= 4 is 17.7 Å². The maximum Gasteiger partial charge on any atom is 0.321 e. The summed E-state index contributed by atoms with van der Waals surface area (Å²) in [5.41, 5.74) is 0.639. The molecule has 1 fully saturated rings. The fourth-order valence-corrected chi connectivity index (χ4v) is 2.64. The van der Waals surface area contributed by atoms with Crippen LogP contribution in [0.25, 0.3) is 0 Å². The molecule has 0 heterocycles. The number of carboxylic acids is 1. The number of nitrogens with one attached hydrogen (secondary N) is 1. The molecular weight excluding hydrogens is 296 g/mol. The second-order valence-corrected chi connectivity index (χ2v) is 6.10. The number of hydrogen-bond acceptors (Lipinski definition) is 3. The normalized spacial score (nSPS) is 15.9. The third kappa shape index (κ3) is 5.16. The Balaban J connectivity index is 1.91. The molecular formula is C17H24N2O4. The van der Waals surface area contributed by atoms with E-state index < -0.39 is 11.9 Å². The third-order valence-corrected chi connectivity index (χ3v) is 4.01. The van der Waals surface area contributed by atoms with Crippen molar-refractivity contribution in [2.45, 2.75) is 38.7 Å². The van der Waals surface area contributed by atoms with Crippen LogP contribution in [0.5, 0.6) is 5.75 Å². The van der Waals surface area contributed by atoms with E-state index in [9.17, 15) is 9.59 Å². The van der Waals surface area contributed by atoms with Gasteiger partial charge in [0, 0.05) is 25.3 Å². The number of urea groups is 1. The number of carbonyl (C=O) groups excluding carboxylic acids is 1. The van der Waals surface area contributed by atoms with Crippen LogP contribution in [0.15, 0.2) is 24.3 Å². The van der Waals surface area contributed by atoms with Gasteiger partial charge in [0.1, 0.15) is 5.75 Å². The van der Waals surface area contributed by atoms with Gasteiger partial charge < -0.3 is 20.1 Å². The molecule has 0 aromatic heterocycles. The second kappa shape index (κ2) is 7.85. The largest absolute Gasteiger partial charge is 0.490 e. The smallest absolute Gasteiger partial charge is 0.321 e. The van der Waals surface area contributed by atoms with Gasteiger partial charge in [-0.3, -0.25) is 4.79 Å². The molecule has 0 bridgehead atoms. The van der Waals surface area contributed by atoms with Crippen LogP contribution < -0.4 is 10.1 Å². The number of nitrogens with zero attached hydrogens (tertiary/aromatic N) is 1. The van der Waals surface area contributed by atoms with Crippen LogP contribution in [0.4, 0.5) is 10.5 Å². The monoisotopic (exact) mass is 320 g/mol. The zero-order valence-electron chi connectivity index (χ0n) is 13.6. The molecule has 1 unspecified atom stereocenters. The van der Waals surface area contributed by atoms with E-state index in [2.05, 4.69) is 5.32 Å². The Bertz CT molecular complexity index is 555. The zero-order chi connectivity index (χ0) is 16.8. The van der Waals surface area contributed by atoms with E-state index in [1.807, 2.05) is 12.1 Å². The van der Waals surface area contributed by atoms with Gasteiger partial charge in [0.2, 0.25) is 0 Å². The van der Waals surface area contributed by atoms with E-state index in [4.69, 9.17) is 9.84 Å². The van der Waals surface area contributed by atoms with Crippen molar-refractivity contribution in [3.63, 3.8) is 0 Å². The summed E-state index contributed by atoms with van der Waals surface area (Å²) in [4.78, 5) is 24.3. The van der Waals surface area contributed by atoms with Crippen molar-refractivity contribution in [3.05, 3.63) is 24.3 Å². The third-order valence-electron chi connectivity index (χ3n) is 4.01. The molecule has 0 radical (unpaired) electrons. The fraction of sp³-hybridized carbons (Fsp3) is 0.529. The summed E-state index contributed by atoms with van der Waals surface area (Å²) in [6, 6.07) is 6.96. The Labute approximate surface area is 136 Å². The first-order chi connectivity index (χ1) is 11.0. The van der Waals surface area contributed by atoms with Crippen LogP contribution in [-0.2, 0) is 4.79 Å². The molecule has 126 valence electrons. The molecule has 2 rings (SSSR count). The molecule has 2 amide bonds. The van der Waals surface area contributed by atoms with Gasteiger partial charge in [-0.15, -0.1) is 0 Å². The van der Waals surface area contributed by atoms with E-state index in [1.54, 1.807) is 26.1 Å². The van der Waals surface area contributed by atoms with Crippen LogP contribution in [0.1, 0.15) is 32.6 Å². The van der Waals surface area contributed by atoms with Gasteiger partial charge in [-0.05, 0) is 37.8 Å². The first-order valence-corrected chi connectivity index (χ1v) is 7.97. The van der Waals surface area contributed by atoms with Gasteiger partial charge >= 0.3 is 12.0 Å². The lowest BCUT2D eigenvalue weighted by Gasteiger charge is -2.20. The average Bonchev–Trinajstić information content (AvgIpc) is 3.00. The summed E-state index contributed by atoms with van der Waals surface area (Å²) >= 11 is 0. The predicted octanol–water partition coefficient (Wildman–Crippen LogP) is 3.19. The number of rotatable bonds is 6. The van der Waals surface area contributed by atoms with E-state index in [0.717, 1.165) is 18.6 Å². The Morgan fingerprint density at radius 2 is 2.09 bits per heavy atom. The summed E-state index contributed by atoms with van der Waals surface area (Å²) in [5, 5.41) is 11.7. The van der Waals surface area contributed by atoms with E-state index >= 15 is 0 Å². The lowest BCUT2D eigenvalue weighted by molar-refractivity contribution is -0.141. The molecule has 1 aromatic rings. The van der Waals surface area contributed by atoms with E-state index in [-0.39, 0.29) is 18.7 Å². The molecule has 2 N–H and O–H groups in total. The van der Waals surface area contributed by atoms with Crippen molar-refractivity contribution in [1.29, 1.82) is 0 Å². The number of ether oxygens (including phenoxy) is 1. The molecule has 1 aliphatic rings. The first kappa shape index (κ1) is 17.1. The highest BCUT2D eigenvalue weighted by molar-refractivity contribution is 5.89. The molecule has 1 aromatic carbocycles. The highest BCUT2D eigenvalue weighted by atomic mass is 16.5. The Morgan fingerprint density at radius 3 is 2.74 bits per heavy atom. The Kier molecular flexibility index (Phi) is 5.84. The maximum atomic E-state index is 12.1. The zero-order valence-corrected chi connectivity index (χ0v) is 13.6. The van der Waals surface area contributed by atoms with Gasteiger partial charge in [-0.25, -0.2) is 4.79 Å². The minimum atomic E-state index is -0.920. The highest BCUT2D eigenvalue weighted by Gasteiger charge is 2.18. The van der Waals surface area contributed by atoms with Crippen LogP contribution in [0, 0.1) is 5.92 Å². The minimum Gasteiger partial charge on any atom is -0.490 e. The highest BCUT2D eigenvalue weighted by Crippen LogP contribution is 2.25. The average molecular weight is 320 g/mol. The standard InChI is InChI=1S/C17H24N2O4/c1-12(16(20)21)11-19(2)17(22)18-13-6-5-9-15(10-13)23-14-7-3-4-8-14/h5-6,9-10,12,14H,3-4,7-8,11H2,1-2H3,(H,18,22)(H,20,21). The molecule has 6 nitrogen and oxygen atoms in total. The van der Waals surface area contributed by atoms with Crippen molar-refractivity contribution in [1.82, 2.24) is 4.90 Å². The van der Waals surface area contributed by atoms with Gasteiger partial charge in [0.05, 0.1) is 12.0 Å². The summed E-state index contributed by atoms with van der Waals surface area (Å²) in [6.07, 6.45) is 4.82. The Hall–Kier alpha value is -2.24. The molecule has 0 saturated heterocycles. The molecule has 0 aliphatic heterocycles. The number of anilines is 1. The predicted molar refractivity (Wildman–Crippen MR) is 87.8 cm³/mol. The molecule has 23 heavy (non-hydrogen) atoms. The van der Waals surface area contributed by atoms with Crippen molar-refractivity contribution in [2.75, 3.05) is 18.9 Å². The van der Waals surface area contributed by atoms with E-state index in [0.29, 0.717) is 5.69 Å². The molecule has 1 saturated carbocycles. The second-order valence-electron chi connectivity index (χ2n) is 6.10. The van der Waals surface area contributed by atoms with Crippen LogP contribution in [-0.4, -0.2) is 41.7 Å². The molecule has 0 spiro atoms. The topological polar surface area (TPSA) is 78.9 Å². The molecule has 1 atom stereocenters.